The summed E-state index contributed by atoms with van der Waals surface area (Å²) in [7, 11) is 0. The van der Waals surface area contributed by atoms with Gasteiger partial charge in [0.15, 0.2) is 5.11 Å². The number of benzene rings is 2. The third-order valence-electron chi connectivity index (χ3n) is 3.70. The van der Waals surface area contributed by atoms with E-state index in [1.165, 1.54) is 5.56 Å². The number of anilines is 1. The van der Waals surface area contributed by atoms with Gasteiger partial charge in [0.25, 0.3) is 5.91 Å². The Kier molecular flexibility index (Phi) is 6.13. The van der Waals surface area contributed by atoms with Gasteiger partial charge in [-0.1, -0.05) is 55.8 Å². The number of carbonyl (C=O) groups is 1. The first-order chi connectivity index (χ1) is 11.0. The molecule has 0 heterocycles. The molecule has 0 unspecified atom stereocenters. The van der Waals surface area contributed by atoms with E-state index < -0.39 is 0 Å². The highest BCUT2D eigenvalue weighted by Gasteiger charge is 2.13. The fourth-order valence-corrected chi connectivity index (χ4v) is 2.65. The summed E-state index contributed by atoms with van der Waals surface area (Å²) in [4.78, 5) is 12.2. The zero-order valence-corrected chi connectivity index (χ0v) is 14.7. The number of carbonyl (C=O) groups excluding carboxylic acids is 1. The lowest BCUT2D eigenvalue weighted by atomic mass is 9.97. The SMILES string of the molecule is CC[C@H](C)c1ccccc1NC(=S)NC(=O)c1ccccc1Cl. The Bertz CT molecular complexity index is 718. The molecule has 120 valence electrons. The summed E-state index contributed by atoms with van der Waals surface area (Å²) >= 11 is 11.3. The second-order valence-corrected chi connectivity index (χ2v) is 6.10. The van der Waals surface area contributed by atoms with Gasteiger partial charge in [0.1, 0.15) is 0 Å². The lowest BCUT2D eigenvalue weighted by molar-refractivity contribution is 0.0978. The molecule has 0 bridgehead atoms. The second-order valence-electron chi connectivity index (χ2n) is 5.28. The van der Waals surface area contributed by atoms with Crippen molar-refractivity contribution in [3.8, 4) is 0 Å². The molecule has 5 heteroatoms. The van der Waals surface area contributed by atoms with Gasteiger partial charge in [0.2, 0.25) is 0 Å². The van der Waals surface area contributed by atoms with Crippen LogP contribution in [0.1, 0.15) is 42.1 Å². The third-order valence-corrected chi connectivity index (χ3v) is 4.23. The normalized spacial score (nSPS) is 11.6. The average molecular weight is 347 g/mol. The second kappa shape index (κ2) is 8.09. The molecule has 1 atom stereocenters. The molecule has 0 aliphatic carbocycles. The highest BCUT2D eigenvalue weighted by Crippen LogP contribution is 2.26. The minimum Gasteiger partial charge on any atom is -0.332 e. The number of halogens is 1. The molecule has 1 amide bonds. The van der Waals surface area contributed by atoms with Crippen molar-refractivity contribution in [3.05, 3.63) is 64.7 Å². The number of rotatable bonds is 4. The van der Waals surface area contributed by atoms with E-state index in [2.05, 4.69) is 30.5 Å². The van der Waals surface area contributed by atoms with E-state index in [9.17, 15) is 4.79 Å². The Morgan fingerprint density at radius 1 is 1.17 bits per heavy atom. The van der Waals surface area contributed by atoms with Gasteiger partial charge in [-0.15, -0.1) is 0 Å². The van der Waals surface area contributed by atoms with Gasteiger partial charge in [0, 0.05) is 5.69 Å². The number of hydrogen-bond acceptors (Lipinski definition) is 2. The van der Waals surface area contributed by atoms with Crippen LogP contribution >= 0.6 is 23.8 Å². The number of hydrogen-bond donors (Lipinski definition) is 2. The van der Waals surface area contributed by atoms with Crippen LogP contribution in [0.2, 0.25) is 5.02 Å². The first-order valence-corrected chi connectivity index (χ1v) is 8.27. The van der Waals surface area contributed by atoms with Gasteiger partial charge in [-0.25, -0.2) is 0 Å². The molecule has 0 aliphatic heterocycles. The monoisotopic (exact) mass is 346 g/mol. The summed E-state index contributed by atoms with van der Waals surface area (Å²) in [5.74, 6) is 0.0786. The van der Waals surface area contributed by atoms with Crippen molar-refractivity contribution in [2.45, 2.75) is 26.2 Å². The number of para-hydroxylation sites is 1. The van der Waals surface area contributed by atoms with Crippen molar-refractivity contribution in [2.24, 2.45) is 0 Å². The van der Waals surface area contributed by atoms with Crippen molar-refractivity contribution in [3.63, 3.8) is 0 Å². The molecule has 0 spiro atoms. The molecule has 3 nitrogen and oxygen atoms in total. The van der Waals surface area contributed by atoms with Gasteiger partial charge < -0.3 is 5.32 Å². The van der Waals surface area contributed by atoms with E-state index in [0.29, 0.717) is 16.5 Å². The third kappa shape index (κ3) is 4.53. The fraction of sp³-hybridized carbons (Fsp3) is 0.222. The molecule has 2 aromatic rings. The van der Waals surface area contributed by atoms with Gasteiger partial charge in [-0.05, 0) is 48.3 Å². The molecule has 0 aliphatic rings. The average Bonchev–Trinajstić information content (AvgIpc) is 2.54. The van der Waals surface area contributed by atoms with Crippen LogP contribution < -0.4 is 10.6 Å². The van der Waals surface area contributed by atoms with Crippen LogP contribution in [0.5, 0.6) is 0 Å². The first-order valence-electron chi connectivity index (χ1n) is 7.48. The van der Waals surface area contributed by atoms with Gasteiger partial charge in [0.05, 0.1) is 10.6 Å². The number of amides is 1. The van der Waals surface area contributed by atoms with Gasteiger partial charge in [-0.3, -0.25) is 10.1 Å². The van der Waals surface area contributed by atoms with E-state index >= 15 is 0 Å². The molecule has 23 heavy (non-hydrogen) atoms. The molecule has 2 rings (SSSR count). The fourth-order valence-electron chi connectivity index (χ4n) is 2.23. The Hall–Kier alpha value is -1.91. The molecular weight excluding hydrogens is 328 g/mol. The van der Waals surface area contributed by atoms with Gasteiger partial charge >= 0.3 is 0 Å². The molecular formula is C18H19ClN2OS. The Morgan fingerprint density at radius 2 is 1.83 bits per heavy atom. The van der Waals surface area contributed by atoms with Gasteiger partial charge in [-0.2, -0.15) is 0 Å². The van der Waals surface area contributed by atoms with Crippen LogP contribution in [-0.4, -0.2) is 11.0 Å². The first kappa shape index (κ1) is 17.4. The van der Waals surface area contributed by atoms with Crippen LogP contribution in [0.3, 0.4) is 0 Å². The summed E-state index contributed by atoms with van der Waals surface area (Å²) in [6, 6.07) is 14.8. The van der Waals surface area contributed by atoms with E-state index in [0.717, 1.165) is 12.1 Å². The summed E-state index contributed by atoms with van der Waals surface area (Å²) < 4.78 is 0. The van der Waals surface area contributed by atoms with E-state index in [1.54, 1.807) is 24.3 Å². The van der Waals surface area contributed by atoms with Crippen molar-refractivity contribution < 1.29 is 4.79 Å². The lowest BCUT2D eigenvalue weighted by Gasteiger charge is -2.17. The minimum absolute atomic E-state index is 0.255. The Labute approximate surface area is 147 Å². The molecule has 2 aromatic carbocycles. The minimum atomic E-state index is -0.325. The lowest BCUT2D eigenvalue weighted by Crippen LogP contribution is -2.34. The topological polar surface area (TPSA) is 41.1 Å². The molecule has 0 saturated carbocycles. The Balaban J connectivity index is 2.09. The molecule has 2 N–H and O–H groups in total. The zero-order chi connectivity index (χ0) is 16.8. The maximum atomic E-state index is 12.2. The molecule has 0 radical (unpaired) electrons. The maximum Gasteiger partial charge on any atom is 0.258 e. The van der Waals surface area contributed by atoms with Crippen LogP contribution in [0.25, 0.3) is 0 Å². The summed E-state index contributed by atoms with van der Waals surface area (Å²) in [6.07, 6.45) is 1.03. The zero-order valence-electron chi connectivity index (χ0n) is 13.1. The van der Waals surface area contributed by atoms with Crippen molar-refractivity contribution >= 4 is 40.5 Å². The maximum absolute atomic E-state index is 12.2. The van der Waals surface area contributed by atoms with Crippen LogP contribution in [0.15, 0.2) is 48.5 Å². The summed E-state index contributed by atoms with van der Waals surface area (Å²) in [5.41, 5.74) is 2.48. The highest BCUT2D eigenvalue weighted by atomic mass is 35.5. The summed E-state index contributed by atoms with van der Waals surface area (Å²) in [5, 5.41) is 6.42. The van der Waals surface area contributed by atoms with E-state index in [4.69, 9.17) is 23.8 Å². The van der Waals surface area contributed by atoms with Crippen molar-refractivity contribution in [1.82, 2.24) is 5.32 Å². The largest absolute Gasteiger partial charge is 0.332 e. The number of thiocarbonyl (C=S) groups is 1. The standard InChI is InChI=1S/C18H19ClN2OS/c1-3-12(2)13-8-5-7-11-16(13)20-18(23)21-17(22)14-9-4-6-10-15(14)19/h4-12H,3H2,1-2H3,(H2,20,21,22,23)/t12-/m0/s1. The van der Waals surface area contributed by atoms with Crippen LogP contribution in [0, 0.1) is 0 Å². The molecule has 0 saturated heterocycles. The number of nitrogens with one attached hydrogen (secondary N) is 2. The Morgan fingerprint density at radius 3 is 2.52 bits per heavy atom. The molecule has 0 fully saturated rings. The quantitative estimate of drug-likeness (QED) is 0.767. The van der Waals surface area contributed by atoms with Crippen molar-refractivity contribution in [2.75, 3.05) is 5.32 Å². The van der Waals surface area contributed by atoms with Crippen molar-refractivity contribution in [1.29, 1.82) is 0 Å². The van der Waals surface area contributed by atoms with Crippen LogP contribution in [-0.2, 0) is 0 Å². The predicted octanol–water partition coefficient (Wildman–Crippen LogP) is 4.98. The van der Waals surface area contributed by atoms with Crippen LogP contribution in [0.4, 0.5) is 5.69 Å². The van der Waals surface area contributed by atoms with E-state index in [1.807, 2.05) is 18.2 Å². The highest BCUT2D eigenvalue weighted by molar-refractivity contribution is 7.80. The predicted molar refractivity (Wildman–Crippen MR) is 100 cm³/mol. The smallest absolute Gasteiger partial charge is 0.258 e. The summed E-state index contributed by atoms with van der Waals surface area (Å²) in [6.45, 7) is 4.30. The van der Waals surface area contributed by atoms with E-state index in [-0.39, 0.29) is 11.0 Å². The molecule has 0 aromatic heterocycles.